The van der Waals surface area contributed by atoms with E-state index in [1.807, 2.05) is 60.9 Å². The zero-order valence-electron chi connectivity index (χ0n) is 15.6. The average Bonchev–Trinajstić information content (AvgIpc) is 3.04. The van der Waals surface area contributed by atoms with Crippen molar-refractivity contribution >= 4 is 29.7 Å². The predicted molar refractivity (Wildman–Crippen MR) is 107 cm³/mol. The molecule has 7 heteroatoms. The number of hydrogen-bond donors (Lipinski definition) is 1. The van der Waals surface area contributed by atoms with E-state index in [2.05, 4.69) is 5.32 Å². The van der Waals surface area contributed by atoms with E-state index in [1.165, 1.54) is 4.90 Å². The molecule has 1 aliphatic rings. The lowest BCUT2D eigenvalue weighted by Crippen LogP contribution is -2.40. The molecule has 0 spiro atoms. The first-order chi connectivity index (χ1) is 13.6. The number of ether oxygens (including phenoxy) is 1. The van der Waals surface area contributed by atoms with Crippen LogP contribution in [-0.4, -0.2) is 42.2 Å². The summed E-state index contributed by atoms with van der Waals surface area (Å²) in [4.78, 5) is 38.4. The summed E-state index contributed by atoms with van der Waals surface area (Å²) in [6, 6.07) is 16.9. The van der Waals surface area contributed by atoms with Gasteiger partial charge in [0.1, 0.15) is 0 Å². The molecule has 2 aromatic carbocycles. The maximum absolute atomic E-state index is 12.5. The van der Waals surface area contributed by atoms with Crippen LogP contribution in [0.3, 0.4) is 0 Å². The Morgan fingerprint density at radius 2 is 1.86 bits per heavy atom. The van der Waals surface area contributed by atoms with Crippen molar-refractivity contribution in [3.8, 4) is 0 Å². The van der Waals surface area contributed by atoms with E-state index in [0.29, 0.717) is 12.8 Å². The monoisotopic (exact) mass is 398 g/mol. The minimum Gasteiger partial charge on any atom is -0.439 e. The highest BCUT2D eigenvalue weighted by molar-refractivity contribution is 7.98. The van der Waals surface area contributed by atoms with Gasteiger partial charge in [0, 0.05) is 11.3 Å². The van der Waals surface area contributed by atoms with Crippen LogP contribution >= 0.6 is 11.8 Å². The lowest BCUT2D eigenvalue weighted by molar-refractivity contribution is -0.127. The van der Waals surface area contributed by atoms with Crippen molar-refractivity contribution in [2.24, 2.45) is 0 Å². The summed E-state index contributed by atoms with van der Waals surface area (Å²) in [5, 5.41) is 2.95. The molecule has 6 nitrogen and oxygen atoms in total. The third kappa shape index (κ3) is 5.13. The van der Waals surface area contributed by atoms with E-state index < -0.39 is 18.0 Å². The van der Waals surface area contributed by atoms with Gasteiger partial charge in [0.25, 0.3) is 5.91 Å². The number of carbonyl (C=O) groups is 3. The lowest BCUT2D eigenvalue weighted by Gasteiger charge is -2.23. The van der Waals surface area contributed by atoms with Crippen LogP contribution in [-0.2, 0) is 20.7 Å². The van der Waals surface area contributed by atoms with Crippen molar-refractivity contribution in [3.05, 3.63) is 65.7 Å². The van der Waals surface area contributed by atoms with Crippen LogP contribution < -0.4 is 5.32 Å². The highest BCUT2D eigenvalue weighted by Crippen LogP contribution is 2.19. The number of thioether (sulfide) groups is 1. The van der Waals surface area contributed by atoms with Gasteiger partial charge in [-0.05, 0) is 35.9 Å². The van der Waals surface area contributed by atoms with E-state index >= 15 is 0 Å². The molecule has 28 heavy (non-hydrogen) atoms. The van der Waals surface area contributed by atoms with Crippen molar-refractivity contribution in [1.82, 2.24) is 10.2 Å². The smallest absolute Gasteiger partial charge is 0.417 e. The van der Waals surface area contributed by atoms with Gasteiger partial charge >= 0.3 is 6.09 Å². The number of hydrogen-bond acceptors (Lipinski definition) is 5. The van der Waals surface area contributed by atoms with Crippen molar-refractivity contribution in [2.45, 2.75) is 23.8 Å². The van der Waals surface area contributed by atoms with Gasteiger partial charge in [0.05, 0.1) is 12.6 Å². The first kappa shape index (κ1) is 19.9. The lowest BCUT2D eigenvalue weighted by atomic mass is 10.1. The molecule has 0 aliphatic carbocycles. The van der Waals surface area contributed by atoms with Gasteiger partial charge in [-0.2, -0.15) is 0 Å². The molecule has 1 N–H and O–H groups in total. The van der Waals surface area contributed by atoms with Crippen molar-refractivity contribution in [1.29, 1.82) is 0 Å². The Bertz CT molecular complexity index is 823. The van der Waals surface area contributed by atoms with E-state index in [1.54, 1.807) is 11.8 Å². The van der Waals surface area contributed by atoms with Crippen LogP contribution in [0.4, 0.5) is 4.79 Å². The van der Waals surface area contributed by atoms with Crippen LogP contribution in [0, 0.1) is 0 Å². The highest BCUT2D eigenvalue weighted by Gasteiger charge is 2.33. The SMILES string of the molecule is CSc1ccc(CCC(=O)NC(CN2C(=O)COC2=O)c2ccccc2)cc1. The van der Waals surface area contributed by atoms with Crippen LogP contribution in [0.1, 0.15) is 23.6 Å². The van der Waals surface area contributed by atoms with Gasteiger partial charge in [-0.15, -0.1) is 11.8 Å². The number of imide groups is 1. The van der Waals surface area contributed by atoms with E-state index in [-0.39, 0.29) is 19.1 Å². The molecule has 1 unspecified atom stereocenters. The maximum Gasteiger partial charge on any atom is 0.417 e. The van der Waals surface area contributed by atoms with Gasteiger partial charge in [-0.3, -0.25) is 9.59 Å². The van der Waals surface area contributed by atoms with Gasteiger partial charge in [-0.1, -0.05) is 42.5 Å². The van der Waals surface area contributed by atoms with Crippen LogP contribution in [0.2, 0.25) is 0 Å². The minimum atomic E-state index is -0.672. The summed E-state index contributed by atoms with van der Waals surface area (Å²) in [5.74, 6) is -0.531. The molecule has 146 valence electrons. The predicted octanol–water partition coefficient (Wildman–Crippen LogP) is 3.18. The molecule has 3 rings (SSSR count). The quantitative estimate of drug-likeness (QED) is 0.691. The summed E-state index contributed by atoms with van der Waals surface area (Å²) in [5.41, 5.74) is 1.91. The molecule has 1 aliphatic heterocycles. The third-order valence-electron chi connectivity index (χ3n) is 4.54. The zero-order valence-corrected chi connectivity index (χ0v) is 16.4. The summed E-state index contributed by atoms with van der Waals surface area (Å²) in [7, 11) is 0. The fraction of sp³-hybridized carbons (Fsp3) is 0.286. The fourth-order valence-electron chi connectivity index (χ4n) is 2.98. The minimum absolute atomic E-state index is 0.0514. The Morgan fingerprint density at radius 1 is 1.14 bits per heavy atom. The second-order valence-corrected chi connectivity index (χ2v) is 7.32. The molecule has 0 aromatic heterocycles. The number of rotatable bonds is 8. The standard InChI is InChI=1S/C21H22N2O4S/c1-28-17-10-7-15(8-11-17)9-12-19(24)22-18(16-5-3-2-4-6-16)13-23-20(25)14-27-21(23)26/h2-8,10-11,18H,9,12-14H2,1H3,(H,22,24). The molecule has 1 atom stereocenters. The summed E-state index contributed by atoms with van der Waals surface area (Å²) >= 11 is 1.67. The van der Waals surface area contributed by atoms with Gasteiger partial charge in [0.15, 0.2) is 6.61 Å². The normalized spacial score (nSPS) is 14.7. The summed E-state index contributed by atoms with van der Waals surface area (Å²) < 4.78 is 4.77. The zero-order chi connectivity index (χ0) is 19.9. The van der Waals surface area contributed by atoms with Crippen LogP contribution in [0.15, 0.2) is 59.5 Å². The number of amides is 3. The largest absolute Gasteiger partial charge is 0.439 e. The third-order valence-corrected chi connectivity index (χ3v) is 5.29. The molecule has 0 bridgehead atoms. The Balaban J connectivity index is 1.63. The van der Waals surface area contributed by atoms with Crippen molar-refractivity contribution in [2.75, 3.05) is 19.4 Å². The molecule has 1 heterocycles. The Hall–Kier alpha value is -2.80. The van der Waals surface area contributed by atoms with Crippen molar-refractivity contribution < 1.29 is 19.1 Å². The molecule has 0 radical (unpaired) electrons. The Kier molecular flexibility index (Phi) is 6.71. The first-order valence-corrected chi connectivity index (χ1v) is 10.2. The van der Waals surface area contributed by atoms with E-state index in [4.69, 9.17) is 4.74 Å². The van der Waals surface area contributed by atoms with Crippen LogP contribution in [0.5, 0.6) is 0 Å². The number of cyclic esters (lactones) is 1. The molecule has 1 fully saturated rings. The number of nitrogens with one attached hydrogen (secondary N) is 1. The second kappa shape index (κ2) is 9.41. The van der Waals surface area contributed by atoms with E-state index in [9.17, 15) is 14.4 Å². The molecule has 2 aromatic rings. The van der Waals surface area contributed by atoms with E-state index in [0.717, 1.165) is 16.0 Å². The summed E-state index contributed by atoms with van der Waals surface area (Å²) in [6.45, 7) is -0.198. The number of aryl methyl sites for hydroxylation is 1. The Labute approximate surface area is 168 Å². The van der Waals surface area contributed by atoms with Gasteiger partial charge < -0.3 is 10.1 Å². The topological polar surface area (TPSA) is 75.7 Å². The van der Waals surface area contributed by atoms with Gasteiger partial charge in [-0.25, -0.2) is 9.69 Å². The van der Waals surface area contributed by atoms with Gasteiger partial charge in [0.2, 0.25) is 5.91 Å². The molecular formula is C21H22N2O4S. The first-order valence-electron chi connectivity index (χ1n) is 9.01. The maximum atomic E-state index is 12.5. The molecular weight excluding hydrogens is 376 g/mol. The molecule has 3 amide bonds. The highest BCUT2D eigenvalue weighted by atomic mass is 32.2. The number of carbonyl (C=O) groups excluding carboxylic acids is 3. The number of nitrogens with zero attached hydrogens (tertiary/aromatic N) is 1. The summed E-state index contributed by atoms with van der Waals surface area (Å²) in [6.07, 6.45) is 2.29. The second-order valence-electron chi connectivity index (χ2n) is 6.44. The molecule has 1 saturated heterocycles. The van der Waals surface area contributed by atoms with Crippen LogP contribution in [0.25, 0.3) is 0 Å². The average molecular weight is 398 g/mol. The molecule has 0 saturated carbocycles. The number of benzene rings is 2. The van der Waals surface area contributed by atoms with Crippen molar-refractivity contribution in [3.63, 3.8) is 0 Å². The Morgan fingerprint density at radius 3 is 2.46 bits per heavy atom. The fourth-order valence-corrected chi connectivity index (χ4v) is 3.38.